The van der Waals surface area contributed by atoms with Crippen molar-refractivity contribution in [2.24, 2.45) is 0 Å². The average Bonchev–Trinajstić information content (AvgIpc) is 2.63. The fraction of sp³-hybridized carbons (Fsp3) is 0.385. The van der Waals surface area contributed by atoms with Crippen molar-refractivity contribution >= 4 is 10.9 Å². The zero-order chi connectivity index (χ0) is 11.5. The molecule has 0 bridgehead atoms. The molecule has 1 N–H and O–H groups in total. The molecule has 0 amide bonds. The summed E-state index contributed by atoms with van der Waals surface area (Å²) in [6.07, 6.45) is 2.10. The van der Waals surface area contributed by atoms with E-state index in [1.807, 2.05) is 6.07 Å². The molecule has 1 aromatic heterocycles. The fourth-order valence-corrected chi connectivity index (χ4v) is 2.00. The van der Waals surface area contributed by atoms with Crippen LogP contribution in [0.1, 0.15) is 19.4 Å². The second-order valence-electron chi connectivity index (χ2n) is 3.88. The summed E-state index contributed by atoms with van der Waals surface area (Å²) in [6.45, 7) is 6.80. The van der Waals surface area contributed by atoms with E-state index in [-0.39, 0.29) is 5.82 Å². The monoisotopic (exact) mass is 220 g/mol. The van der Waals surface area contributed by atoms with E-state index in [4.69, 9.17) is 0 Å². The number of nitrogens with one attached hydrogen (secondary N) is 1. The normalized spacial score (nSPS) is 11.2. The van der Waals surface area contributed by atoms with Gasteiger partial charge in [-0.25, -0.2) is 4.39 Å². The average molecular weight is 220 g/mol. The number of nitrogens with zero attached hydrogens (tertiary/aromatic N) is 1. The quantitative estimate of drug-likeness (QED) is 0.838. The van der Waals surface area contributed by atoms with Crippen molar-refractivity contribution in [2.45, 2.75) is 26.9 Å². The number of hydrogen-bond donors (Lipinski definition) is 1. The van der Waals surface area contributed by atoms with Gasteiger partial charge in [-0.3, -0.25) is 0 Å². The summed E-state index contributed by atoms with van der Waals surface area (Å²) in [4.78, 5) is 0. The summed E-state index contributed by atoms with van der Waals surface area (Å²) in [6, 6.07) is 5.00. The smallest absolute Gasteiger partial charge is 0.125 e. The van der Waals surface area contributed by atoms with Gasteiger partial charge in [0.25, 0.3) is 0 Å². The summed E-state index contributed by atoms with van der Waals surface area (Å²) in [5, 5.41) is 4.44. The summed E-state index contributed by atoms with van der Waals surface area (Å²) in [7, 11) is 0. The maximum atomic E-state index is 13.2. The second kappa shape index (κ2) is 4.66. The molecule has 0 saturated carbocycles. The largest absolute Gasteiger partial charge is 0.347 e. The predicted octanol–water partition coefficient (Wildman–Crippen LogP) is 2.91. The lowest BCUT2D eigenvalue weighted by atomic mass is 10.2. The molecule has 3 heteroatoms. The van der Waals surface area contributed by atoms with Crippen LogP contribution in [0.25, 0.3) is 10.9 Å². The van der Waals surface area contributed by atoms with Gasteiger partial charge >= 0.3 is 0 Å². The Morgan fingerprint density at radius 2 is 2.12 bits per heavy atom. The van der Waals surface area contributed by atoms with Crippen LogP contribution in [0, 0.1) is 5.82 Å². The van der Waals surface area contributed by atoms with Crippen molar-refractivity contribution in [2.75, 3.05) is 6.54 Å². The third-order valence-corrected chi connectivity index (χ3v) is 2.83. The molecule has 2 nitrogen and oxygen atoms in total. The number of aromatic nitrogens is 1. The number of hydrogen-bond acceptors (Lipinski definition) is 1. The van der Waals surface area contributed by atoms with Crippen molar-refractivity contribution in [1.29, 1.82) is 0 Å². The topological polar surface area (TPSA) is 17.0 Å². The molecule has 0 spiro atoms. The first-order chi connectivity index (χ1) is 7.76. The van der Waals surface area contributed by atoms with Crippen molar-refractivity contribution in [3.05, 3.63) is 35.8 Å². The zero-order valence-electron chi connectivity index (χ0n) is 9.76. The van der Waals surface area contributed by atoms with Gasteiger partial charge in [0.2, 0.25) is 0 Å². The van der Waals surface area contributed by atoms with E-state index in [9.17, 15) is 4.39 Å². The molecular formula is C13H17FN2. The molecule has 2 aromatic rings. The van der Waals surface area contributed by atoms with Crippen LogP contribution in [0.5, 0.6) is 0 Å². The molecule has 0 radical (unpaired) electrons. The van der Waals surface area contributed by atoms with Crippen LogP contribution in [-0.2, 0) is 13.1 Å². The van der Waals surface area contributed by atoms with Gasteiger partial charge in [0.1, 0.15) is 5.82 Å². The number of rotatable bonds is 4. The number of fused-ring (bicyclic) bond motifs is 1. The molecule has 16 heavy (non-hydrogen) atoms. The molecule has 2 rings (SSSR count). The van der Waals surface area contributed by atoms with Crippen molar-refractivity contribution < 1.29 is 4.39 Å². The van der Waals surface area contributed by atoms with Gasteiger partial charge in [-0.1, -0.05) is 6.92 Å². The van der Waals surface area contributed by atoms with Crippen LogP contribution in [0.2, 0.25) is 0 Å². The molecule has 0 aliphatic rings. The first kappa shape index (κ1) is 11.1. The van der Waals surface area contributed by atoms with E-state index in [0.29, 0.717) is 0 Å². The van der Waals surface area contributed by atoms with Gasteiger partial charge in [0.15, 0.2) is 0 Å². The Labute approximate surface area is 95.1 Å². The highest BCUT2D eigenvalue weighted by molar-refractivity contribution is 5.84. The van der Waals surface area contributed by atoms with E-state index in [2.05, 4.69) is 29.9 Å². The van der Waals surface area contributed by atoms with E-state index >= 15 is 0 Å². The summed E-state index contributed by atoms with van der Waals surface area (Å²) in [5.41, 5.74) is 2.22. The van der Waals surface area contributed by atoms with Crippen LogP contribution in [0.15, 0.2) is 24.4 Å². The minimum absolute atomic E-state index is 0.171. The van der Waals surface area contributed by atoms with Gasteiger partial charge in [0.05, 0.1) is 5.52 Å². The number of aryl methyl sites for hydroxylation is 1. The lowest BCUT2D eigenvalue weighted by Crippen LogP contribution is -2.11. The minimum atomic E-state index is -0.171. The van der Waals surface area contributed by atoms with Gasteiger partial charge in [0, 0.05) is 24.7 Å². The second-order valence-corrected chi connectivity index (χ2v) is 3.88. The predicted molar refractivity (Wildman–Crippen MR) is 65.0 cm³/mol. The molecular weight excluding hydrogens is 203 g/mol. The maximum Gasteiger partial charge on any atom is 0.125 e. The molecule has 0 fully saturated rings. The molecule has 1 aromatic carbocycles. The molecule has 1 heterocycles. The Morgan fingerprint density at radius 3 is 2.81 bits per heavy atom. The van der Waals surface area contributed by atoms with E-state index in [1.165, 1.54) is 11.6 Å². The minimum Gasteiger partial charge on any atom is -0.347 e. The van der Waals surface area contributed by atoms with Crippen LogP contribution in [0.4, 0.5) is 4.39 Å². The van der Waals surface area contributed by atoms with Gasteiger partial charge in [-0.2, -0.15) is 0 Å². The Bertz CT molecular complexity index is 488. The van der Waals surface area contributed by atoms with E-state index in [0.717, 1.165) is 30.5 Å². The van der Waals surface area contributed by atoms with E-state index < -0.39 is 0 Å². The third kappa shape index (κ3) is 1.95. The Kier molecular flexibility index (Phi) is 3.25. The summed E-state index contributed by atoms with van der Waals surface area (Å²) < 4.78 is 15.3. The highest BCUT2D eigenvalue weighted by Crippen LogP contribution is 2.22. The molecule has 86 valence electrons. The lowest BCUT2D eigenvalue weighted by molar-refractivity contribution is 0.628. The first-order valence-corrected chi connectivity index (χ1v) is 5.74. The zero-order valence-corrected chi connectivity index (χ0v) is 9.76. The number of halogens is 1. The standard InChI is InChI=1S/C13H17FN2/c1-3-15-8-10-9-16(4-2)13-7-11(14)5-6-12(10)13/h5-7,9,15H,3-4,8H2,1-2H3. The molecule has 0 atom stereocenters. The Balaban J connectivity index is 2.50. The summed E-state index contributed by atoms with van der Waals surface area (Å²) >= 11 is 0. The number of benzene rings is 1. The molecule has 0 saturated heterocycles. The summed E-state index contributed by atoms with van der Waals surface area (Å²) in [5.74, 6) is -0.171. The first-order valence-electron chi connectivity index (χ1n) is 5.74. The van der Waals surface area contributed by atoms with Crippen molar-refractivity contribution in [1.82, 2.24) is 9.88 Å². The highest BCUT2D eigenvalue weighted by atomic mass is 19.1. The molecule has 0 aliphatic carbocycles. The van der Waals surface area contributed by atoms with Gasteiger partial charge < -0.3 is 9.88 Å². The fourth-order valence-electron chi connectivity index (χ4n) is 2.00. The van der Waals surface area contributed by atoms with Crippen molar-refractivity contribution in [3.63, 3.8) is 0 Å². The maximum absolute atomic E-state index is 13.2. The Morgan fingerprint density at radius 1 is 1.31 bits per heavy atom. The SMILES string of the molecule is CCNCc1cn(CC)c2cc(F)ccc12. The van der Waals surface area contributed by atoms with Gasteiger partial charge in [-0.15, -0.1) is 0 Å². The molecule has 0 unspecified atom stereocenters. The van der Waals surface area contributed by atoms with Crippen LogP contribution in [-0.4, -0.2) is 11.1 Å². The highest BCUT2D eigenvalue weighted by Gasteiger charge is 2.07. The van der Waals surface area contributed by atoms with Gasteiger partial charge in [-0.05, 0) is 37.2 Å². The Hall–Kier alpha value is -1.35. The molecule has 0 aliphatic heterocycles. The van der Waals surface area contributed by atoms with Crippen LogP contribution < -0.4 is 5.32 Å². The van der Waals surface area contributed by atoms with Crippen LogP contribution in [0.3, 0.4) is 0 Å². The van der Waals surface area contributed by atoms with Crippen LogP contribution >= 0.6 is 0 Å². The third-order valence-electron chi connectivity index (χ3n) is 2.83. The van der Waals surface area contributed by atoms with Crippen molar-refractivity contribution in [3.8, 4) is 0 Å². The van der Waals surface area contributed by atoms with E-state index in [1.54, 1.807) is 6.07 Å². The lowest BCUT2D eigenvalue weighted by Gasteiger charge is -1.99.